The van der Waals surface area contributed by atoms with Crippen LogP contribution in [-0.4, -0.2) is 38.5 Å². The van der Waals surface area contributed by atoms with Crippen LogP contribution in [0, 0.1) is 0 Å². The van der Waals surface area contributed by atoms with Crippen molar-refractivity contribution in [2.24, 2.45) is 7.05 Å². The first kappa shape index (κ1) is 17.4. The van der Waals surface area contributed by atoms with Crippen molar-refractivity contribution in [2.75, 3.05) is 13.1 Å². The summed E-state index contributed by atoms with van der Waals surface area (Å²) in [4.78, 5) is 25.1. The van der Waals surface area contributed by atoms with E-state index in [0.29, 0.717) is 18.2 Å². The molecule has 0 unspecified atom stereocenters. The second-order valence-corrected chi connectivity index (χ2v) is 5.49. The van der Waals surface area contributed by atoms with Gasteiger partial charge in [0, 0.05) is 31.6 Å². The summed E-state index contributed by atoms with van der Waals surface area (Å²) in [6, 6.07) is 0. The van der Waals surface area contributed by atoms with E-state index in [1.807, 2.05) is 17.8 Å². The van der Waals surface area contributed by atoms with E-state index in [2.05, 4.69) is 25.6 Å². The smallest absolute Gasteiger partial charge is 0.271 e. The highest BCUT2D eigenvalue weighted by atomic mass is 35.5. The van der Waals surface area contributed by atoms with Gasteiger partial charge in [-0.25, -0.2) is 9.97 Å². The number of aromatic nitrogens is 4. The maximum absolute atomic E-state index is 12.2. The Balaban J connectivity index is 0.00000192. The lowest BCUT2D eigenvalue weighted by molar-refractivity contribution is 0.0943. The third-order valence-corrected chi connectivity index (χ3v) is 3.97. The van der Waals surface area contributed by atoms with Crippen LogP contribution in [0.1, 0.15) is 40.8 Å². The molecular weight excluding hydrogens is 316 g/mol. The summed E-state index contributed by atoms with van der Waals surface area (Å²) >= 11 is 0. The number of imidazole rings is 1. The molecule has 3 heterocycles. The molecular formula is C15H21ClN6O. The fourth-order valence-electron chi connectivity index (χ4n) is 2.62. The van der Waals surface area contributed by atoms with Crippen molar-refractivity contribution in [1.82, 2.24) is 30.2 Å². The van der Waals surface area contributed by atoms with Crippen LogP contribution >= 0.6 is 12.4 Å². The van der Waals surface area contributed by atoms with E-state index in [1.54, 1.807) is 12.4 Å². The van der Waals surface area contributed by atoms with Crippen LogP contribution in [0.2, 0.25) is 0 Å². The number of nitrogens with zero attached hydrogens (tertiary/aromatic N) is 4. The van der Waals surface area contributed by atoms with E-state index in [4.69, 9.17) is 0 Å². The van der Waals surface area contributed by atoms with E-state index in [0.717, 1.165) is 37.4 Å². The number of hydrogen-bond acceptors (Lipinski definition) is 5. The lowest BCUT2D eigenvalue weighted by atomic mass is 9.95. The first-order valence-corrected chi connectivity index (χ1v) is 7.51. The lowest BCUT2D eigenvalue weighted by Crippen LogP contribution is -2.28. The molecule has 0 spiro atoms. The van der Waals surface area contributed by atoms with Gasteiger partial charge in [-0.1, -0.05) is 0 Å². The lowest BCUT2D eigenvalue weighted by Gasteiger charge is -2.21. The van der Waals surface area contributed by atoms with Crippen molar-refractivity contribution in [3.8, 4) is 0 Å². The van der Waals surface area contributed by atoms with Gasteiger partial charge in [-0.05, 0) is 25.9 Å². The summed E-state index contributed by atoms with van der Waals surface area (Å²) in [6.07, 6.45) is 8.90. The average molecular weight is 337 g/mol. The minimum Gasteiger partial charge on any atom is -0.343 e. The topological polar surface area (TPSA) is 84.7 Å². The monoisotopic (exact) mass is 336 g/mol. The molecule has 2 aromatic heterocycles. The largest absolute Gasteiger partial charge is 0.343 e. The van der Waals surface area contributed by atoms with Gasteiger partial charge in [-0.15, -0.1) is 12.4 Å². The summed E-state index contributed by atoms with van der Waals surface area (Å²) in [5.74, 6) is 0.971. The number of piperidine rings is 1. The minimum atomic E-state index is -0.216. The number of nitrogens with one attached hydrogen (secondary N) is 2. The Labute approximate surface area is 141 Å². The molecule has 23 heavy (non-hydrogen) atoms. The molecule has 0 bridgehead atoms. The fraction of sp³-hybridized carbons (Fsp3) is 0.467. The van der Waals surface area contributed by atoms with Gasteiger partial charge < -0.3 is 15.2 Å². The summed E-state index contributed by atoms with van der Waals surface area (Å²) in [6.45, 7) is 2.35. The van der Waals surface area contributed by atoms with Crippen LogP contribution < -0.4 is 10.6 Å². The van der Waals surface area contributed by atoms with Crippen LogP contribution in [0.4, 0.5) is 0 Å². The van der Waals surface area contributed by atoms with Gasteiger partial charge in [0.1, 0.15) is 11.5 Å². The second kappa shape index (κ2) is 8.03. The molecule has 0 aromatic carbocycles. The van der Waals surface area contributed by atoms with Gasteiger partial charge in [-0.3, -0.25) is 9.78 Å². The highest BCUT2D eigenvalue weighted by molar-refractivity contribution is 5.91. The van der Waals surface area contributed by atoms with Crippen LogP contribution in [0.3, 0.4) is 0 Å². The molecule has 0 aliphatic carbocycles. The number of halogens is 1. The third-order valence-electron chi connectivity index (χ3n) is 3.97. The number of aryl methyl sites for hydroxylation is 1. The number of carbonyl (C=O) groups excluding carboxylic acids is 1. The number of amides is 1. The molecule has 2 aromatic rings. The quantitative estimate of drug-likeness (QED) is 0.871. The summed E-state index contributed by atoms with van der Waals surface area (Å²) in [5.41, 5.74) is 1.27. The van der Waals surface area contributed by atoms with Crippen LogP contribution in [-0.2, 0) is 13.6 Å². The molecule has 124 valence electrons. The molecule has 0 atom stereocenters. The van der Waals surface area contributed by atoms with Gasteiger partial charge in [0.05, 0.1) is 18.4 Å². The SMILES string of the molecule is Cl.Cn1ccnc1CNC(=O)c1cncc(C2CCNCC2)n1. The minimum absolute atomic E-state index is 0. The Bertz CT molecular complexity index is 653. The van der Waals surface area contributed by atoms with Crippen LogP contribution in [0.15, 0.2) is 24.8 Å². The van der Waals surface area contributed by atoms with Gasteiger partial charge in [0.2, 0.25) is 0 Å². The van der Waals surface area contributed by atoms with Gasteiger partial charge >= 0.3 is 0 Å². The predicted octanol–water partition coefficient (Wildman–Crippen LogP) is 1.03. The van der Waals surface area contributed by atoms with Gasteiger partial charge in [0.25, 0.3) is 5.91 Å². The normalized spacial score (nSPS) is 15.0. The van der Waals surface area contributed by atoms with E-state index in [-0.39, 0.29) is 18.3 Å². The van der Waals surface area contributed by atoms with E-state index in [9.17, 15) is 4.79 Å². The zero-order chi connectivity index (χ0) is 15.4. The Morgan fingerprint density at radius 2 is 2.17 bits per heavy atom. The number of hydrogen-bond donors (Lipinski definition) is 2. The first-order valence-electron chi connectivity index (χ1n) is 7.51. The van der Waals surface area contributed by atoms with Crippen molar-refractivity contribution >= 4 is 18.3 Å². The molecule has 0 radical (unpaired) electrons. The maximum atomic E-state index is 12.2. The third kappa shape index (κ3) is 4.27. The Kier molecular flexibility index (Phi) is 6.06. The van der Waals surface area contributed by atoms with E-state index >= 15 is 0 Å². The molecule has 1 aliphatic rings. The van der Waals surface area contributed by atoms with E-state index in [1.165, 1.54) is 6.20 Å². The average Bonchev–Trinajstić information content (AvgIpc) is 2.99. The molecule has 1 saturated heterocycles. The van der Waals surface area contributed by atoms with Crippen molar-refractivity contribution in [2.45, 2.75) is 25.3 Å². The Morgan fingerprint density at radius 3 is 2.87 bits per heavy atom. The molecule has 2 N–H and O–H groups in total. The number of carbonyl (C=O) groups is 1. The molecule has 1 aliphatic heterocycles. The van der Waals surface area contributed by atoms with Gasteiger partial charge in [-0.2, -0.15) is 0 Å². The molecule has 3 rings (SSSR count). The molecule has 1 amide bonds. The Morgan fingerprint density at radius 1 is 1.39 bits per heavy atom. The van der Waals surface area contributed by atoms with E-state index < -0.39 is 0 Å². The van der Waals surface area contributed by atoms with Crippen molar-refractivity contribution < 1.29 is 4.79 Å². The summed E-state index contributed by atoms with van der Waals surface area (Å²) in [7, 11) is 1.89. The zero-order valence-corrected chi connectivity index (χ0v) is 13.8. The van der Waals surface area contributed by atoms with Crippen molar-refractivity contribution in [3.63, 3.8) is 0 Å². The molecule has 1 fully saturated rings. The predicted molar refractivity (Wildman–Crippen MR) is 88.5 cm³/mol. The second-order valence-electron chi connectivity index (χ2n) is 5.49. The van der Waals surface area contributed by atoms with Crippen LogP contribution in [0.25, 0.3) is 0 Å². The standard InChI is InChI=1S/C15H20N6O.ClH/c1-21-7-6-18-14(21)10-19-15(22)13-9-17-8-12(20-13)11-2-4-16-5-3-11;/h6-9,11,16H,2-5,10H2,1H3,(H,19,22);1H. The highest BCUT2D eigenvalue weighted by Crippen LogP contribution is 2.22. The number of rotatable bonds is 4. The van der Waals surface area contributed by atoms with Crippen molar-refractivity contribution in [1.29, 1.82) is 0 Å². The summed E-state index contributed by atoms with van der Waals surface area (Å²) in [5, 5.41) is 6.16. The van der Waals surface area contributed by atoms with Gasteiger partial charge in [0.15, 0.2) is 0 Å². The Hall–Kier alpha value is -1.99. The highest BCUT2D eigenvalue weighted by Gasteiger charge is 2.18. The fourth-order valence-corrected chi connectivity index (χ4v) is 2.62. The van der Waals surface area contributed by atoms with Crippen molar-refractivity contribution in [3.05, 3.63) is 42.0 Å². The van der Waals surface area contributed by atoms with Crippen LogP contribution in [0.5, 0.6) is 0 Å². The molecule has 0 saturated carbocycles. The zero-order valence-electron chi connectivity index (χ0n) is 13.0. The maximum Gasteiger partial charge on any atom is 0.271 e. The first-order chi connectivity index (χ1) is 10.7. The summed E-state index contributed by atoms with van der Waals surface area (Å²) < 4.78 is 1.87. The molecule has 8 heteroatoms. The molecule has 7 nitrogen and oxygen atoms in total.